The SMILES string of the molecule is CC(=O)N[C@H](/C=C/CF)Cc1ccccc1. The first-order valence-corrected chi connectivity index (χ1v) is 5.26. The highest BCUT2D eigenvalue weighted by molar-refractivity contribution is 5.73. The van der Waals surface area contributed by atoms with Crippen LogP contribution in [-0.4, -0.2) is 18.6 Å². The van der Waals surface area contributed by atoms with Crippen LogP contribution in [0.2, 0.25) is 0 Å². The highest BCUT2D eigenvalue weighted by Crippen LogP contribution is 2.04. The van der Waals surface area contributed by atoms with Crippen molar-refractivity contribution >= 4 is 5.91 Å². The summed E-state index contributed by atoms with van der Waals surface area (Å²) >= 11 is 0. The monoisotopic (exact) mass is 221 g/mol. The number of hydrogen-bond donors (Lipinski definition) is 1. The minimum atomic E-state index is -0.509. The van der Waals surface area contributed by atoms with Gasteiger partial charge in [0.25, 0.3) is 0 Å². The van der Waals surface area contributed by atoms with E-state index in [0.29, 0.717) is 6.42 Å². The van der Waals surface area contributed by atoms with E-state index in [4.69, 9.17) is 0 Å². The van der Waals surface area contributed by atoms with Crippen LogP contribution in [-0.2, 0) is 11.2 Å². The zero-order valence-electron chi connectivity index (χ0n) is 9.32. The van der Waals surface area contributed by atoms with E-state index < -0.39 is 6.67 Å². The first-order valence-electron chi connectivity index (χ1n) is 5.26. The van der Waals surface area contributed by atoms with Gasteiger partial charge in [0.2, 0.25) is 5.91 Å². The van der Waals surface area contributed by atoms with Gasteiger partial charge in [-0.15, -0.1) is 0 Å². The molecule has 1 atom stereocenters. The van der Waals surface area contributed by atoms with E-state index in [0.717, 1.165) is 5.56 Å². The van der Waals surface area contributed by atoms with E-state index in [1.807, 2.05) is 30.3 Å². The highest BCUT2D eigenvalue weighted by Gasteiger charge is 2.06. The van der Waals surface area contributed by atoms with E-state index in [2.05, 4.69) is 5.32 Å². The smallest absolute Gasteiger partial charge is 0.217 e. The molecule has 1 aromatic rings. The molecule has 3 heteroatoms. The van der Waals surface area contributed by atoms with E-state index in [-0.39, 0.29) is 11.9 Å². The van der Waals surface area contributed by atoms with Gasteiger partial charge < -0.3 is 5.32 Å². The molecule has 16 heavy (non-hydrogen) atoms. The maximum Gasteiger partial charge on any atom is 0.217 e. The van der Waals surface area contributed by atoms with Crippen LogP contribution >= 0.6 is 0 Å². The quantitative estimate of drug-likeness (QED) is 0.759. The molecule has 1 amide bonds. The molecule has 0 aliphatic carbocycles. The summed E-state index contributed by atoms with van der Waals surface area (Å²) in [4.78, 5) is 11.0. The molecule has 1 rings (SSSR count). The Kier molecular flexibility index (Phi) is 5.26. The van der Waals surface area contributed by atoms with Crippen LogP contribution < -0.4 is 5.32 Å². The Morgan fingerprint density at radius 3 is 2.69 bits per heavy atom. The molecule has 1 N–H and O–H groups in total. The Balaban J connectivity index is 2.63. The zero-order chi connectivity index (χ0) is 11.8. The topological polar surface area (TPSA) is 29.1 Å². The standard InChI is InChI=1S/C13H16FNO/c1-11(16)15-13(8-5-9-14)10-12-6-3-2-4-7-12/h2-8,13H,9-10H2,1H3,(H,15,16)/b8-5+/t13-/m1/s1. The molecule has 0 heterocycles. The molecule has 0 aliphatic rings. The first kappa shape index (κ1) is 12.4. The summed E-state index contributed by atoms with van der Waals surface area (Å²) in [5, 5.41) is 2.77. The number of amides is 1. The van der Waals surface area contributed by atoms with Gasteiger partial charge in [0.05, 0.1) is 6.04 Å². The Morgan fingerprint density at radius 1 is 1.44 bits per heavy atom. The van der Waals surface area contributed by atoms with Crippen molar-refractivity contribution in [2.24, 2.45) is 0 Å². The summed E-state index contributed by atoms with van der Waals surface area (Å²) in [7, 11) is 0. The molecule has 1 aromatic carbocycles. The number of rotatable bonds is 5. The van der Waals surface area contributed by atoms with Crippen LogP contribution in [0, 0.1) is 0 Å². The van der Waals surface area contributed by atoms with Gasteiger partial charge in [-0.2, -0.15) is 0 Å². The fraction of sp³-hybridized carbons (Fsp3) is 0.308. The average Bonchev–Trinajstić information content (AvgIpc) is 2.26. The molecule has 0 aromatic heterocycles. The van der Waals surface area contributed by atoms with E-state index in [1.165, 1.54) is 13.0 Å². The summed E-state index contributed by atoms with van der Waals surface area (Å²) in [5.74, 6) is -0.107. The summed E-state index contributed by atoms with van der Waals surface area (Å²) in [6.07, 6.45) is 3.79. The summed E-state index contributed by atoms with van der Waals surface area (Å²) in [5.41, 5.74) is 1.12. The molecule has 0 saturated carbocycles. The number of allylic oxidation sites excluding steroid dienone is 1. The Bertz CT molecular complexity index is 348. The number of alkyl halides is 1. The van der Waals surface area contributed by atoms with Crippen LogP contribution in [0.15, 0.2) is 42.5 Å². The second kappa shape index (κ2) is 6.77. The molecule has 0 aliphatic heterocycles. The van der Waals surface area contributed by atoms with Crippen LogP contribution in [0.25, 0.3) is 0 Å². The number of carbonyl (C=O) groups is 1. The van der Waals surface area contributed by atoms with Crippen LogP contribution in [0.1, 0.15) is 12.5 Å². The predicted molar refractivity (Wildman–Crippen MR) is 62.9 cm³/mol. The van der Waals surface area contributed by atoms with Gasteiger partial charge in [-0.05, 0) is 12.0 Å². The van der Waals surface area contributed by atoms with Crippen molar-refractivity contribution in [2.45, 2.75) is 19.4 Å². The molecule has 0 saturated heterocycles. The predicted octanol–water partition coefficient (Wildman–Crippen LogP) is 2.26. The Labute approximate surface area is 95.2 Å². The lowest BCUT2D eigenvalue weighted by molar-refractivity contribution is -0.119. The lowest BCUT2D eigenvalue weighted by Gasteiger charge is -2.13. The second-order valence-corrected chi connectivity index (χ2v) is 3.58. The lowest BCUT2D eigenvalue weighted by Crippen LogP contribution is -2.33. The fourth-order valence-corrected chi connectivity index (χ4v) is 1.51. The number of hydrogen-bond acceptors (Lipinski definition) is 1. The normalized spacial score (nSPS) is 12.6. The van der Waals surface area contributed by atoms with Crippen molar-refractivity contribution in [1.29, 1.82) is 0 Å². The van der Waals surface area contributed by atoms with Gasteiger partial charge in [-0.3, -0.25) is 4.79 Å². The maximum atomic E-state index is 12.0. The highest BCUT2D eigenvalue weighted by atomic mass is 19.1. The van der Waals surface area contributed by atoms with Crippen molar-refractivity contribution < 1.29 is 9.18 Å². The van der Waals surface area contributed by atoms with Crippen molar-refractivity contribution in [3.63, 3.8) is 0 Å². The molecule has 0 radical (unpaired) electrons. The third kappa shape index (κ3) is 4.73. The molecule has 0 fully saturated rings. The van der Waals surface area contributed by atoms with Crippen molar-refractivity contribution in [3.8, 4) is 0 Å². The second-order valence-electron chi connectivity index (χ2n) is 3.58. The number of halogens is 1. The largest absolute Gasteiger partial charge is 0.350 e. The summed E-state index contributed by atoms with van der Waals surface area (Å²) < 4.78 is 12.0. The number of carbonyl (C=O) groups excluding carboxylic acids is 1. The Morgan fingerprint density at radius 2 is 2.12 bits per heavy atom. The zero-order valence-corrected chi connectivity index (χ0v) is 9.32. The molecular weight excluding hydrogens is 205 g/mol. The molecule has 0 spiro atoms. The fourth-order valence-electron chi connectivity index (χ4n) is 1.51. The van der Waals surface area contributed by atoms with Crippen LogP contribution in [0.4, 0.5) is 4.39 Å². The number of nitrogens with one attached hydrogen (secondary N) is 1. The minimum absolute atomic E-state index is 0.107. The van der Waals surface area contributed by atoms with Gasteiger partial charge in [-0.1, -0.05) is 42.5 Å². The van der Waals surface area contributed by atoms with Crippen LogP contribution in [0.5, 0.6) is 0 Å². The van der Waals surface area contributed by atoms with E-state index in [1.54, 1.807) is 6.08 Å². The van der Waals surface area contributed by atoms with Gasteiger partial charge in [0.15, 0.2) is 0 Å². The van der Waals surface area contributed by atoms with Gasteiger partial charge >= 0.3 is 0 Å². The molecule has 2 nitrogen and oxygen atoms in total. The van der Waals surface area contributed by atoms with Gasteiger partial charge in [0.1, 0.15) is 6.67 Å². The van der Waals surface area contributed by atoms with E-state index in [9.17, 15) is 9.18 Å². The average molecular weight is 221 g/mol. The number of benzene rings is 1. The van der Waals surface area contributed by atoms with Crippen molar-refractivity contribution in [3.05, 3.63) is 48.0 Å². The third-order valence-corrected chi connectivity index (χ3v) is 2.14. The molecular formula is C13H16FNO. The van der Waals surface area contributed by atoms with Crippen molar-refractivity contribution in [1.82, 2.24) is 5.32 Å². The summed E-state index contributed by atoms with van der Waals surface area (Å²) in [6.45, 7) is 0.951. The van der Waals surface area contributed by atoms with Gasteiger partial charge in [0, 0.05) is 6.92 Å². The van der Waals surface area contributed by atoms with Crippen molar-refractivity contribution in [2.75, 3.05) is 6.67 Å². The minimum Gasteiger partial charge on any atom is -0.350 e. The summed E-state index contributed by atoms with van der Waals surface area (Å²) in [6, 6.07) is 9.65. The first-order chi connectivity index (χ1) is 7.72. The maximum absolute atomic E-state index is 12.0. The van der Waals surface area contributed by atoms with E-state index >= 15 is 0 Å². The molecule has 86 valence electrons. The van der Waals surface area contributed by atoms with Crippen LogP contribution in [0.3, 0.4) is 0 Å². The molecule has 0 bridgehead atoms. The van der Waals surface area contributed by atoms with Gasteiger partial charge in [-0.25, -0.2) is 4.39 Å². The molecule has 0 unspecified atom stereocenters. The lowest BCUT2D eigenvalue weighted by atomic mass is 10.1. The Hall–Kier alpha value is -1.64. The third-order valence-electron chi connectivity index (χ3n) is 2.14.